The molecular weight excluding hydrogens is 636 g/mol. The lowest BCUT2D eigenvalue weighted by molar-refractivity contribution is -0.141. The molecule has 2 aromatic rings. The minimum atomic E-state index is -1.28. The number of hydrogen-bond acceptors (Lipinski definition) is 9. The summed E-state index contributed by atoms with van der Waals surface area (Å²) in [5.74, 6) is -5.45. The molecule has 0 saturated heterocycles. The zero-order chi connectivity index (χ0) is 37.0. The van der Waals surface area contributed by atoms with E-state index < -0.39 is 77.7 Å². The Morgan fingerprint density at radius 2 is 0.959 bits per heavy atom. The smallest absolute Gasteiger partial charge is 0.325 e. The molecule has 0 radical (unpaired) electrons. The van der Waals surface area contributed by atoms with E-state index in [1.54, 1.807) is 52.0 Å². The van der Waals surface area contributed by atoms with Gasteiger partial charge in [-0.15, -0.1) is 0 Å². The van der Waals surface area contributed by atoms with Crippen LogP contribution in [0.4, 0.5) is 0 Å². The maximum Gasteiger partial charge on any atom is 0.325 e. The van der Waals surface area contributed by atoms with Gasteiger partial charge in [0.15, 0.2) is 0 Å². The van der Waals surface area contributed by atoms with Gasteiger partial charge in [0.2, 0.25) is 29.5 Å². The molecule has 49 heavy (non-hydrogen) atoms. The van der Waals surface area contributed by atoms with Gasteiger partial charge in [-0.25, -0.2) is 0 Å². The van der Waals surface area contributed by atoms with Crippen LogP contribution in [0, 0.1) is 11.8 Å². The van der Waals surface area contributed by atoms with Crippen LogP contribution in [0.5, 0.6) is 11.5 Å². The Kier molecular flexibility index (Phi) is 15.0. The molecule has 0 spiro atoms. The van der Waals surface area contributed by atoms with Gasteiger partial charge in [-0.2, -0.15) is 0 Å². The third-order valence-electron chi connectivity index (χ3n) is 7.77. The van der Waals surface area contributed by atoms with E-state index in [0.717, 1.165) is 0 Å². The van der Waals surface area contributed by atoms with Crippen LogP contribution in [-0.2, 0) is 41.6 Å². The minimum absolute atomic E-state index is 0.00901. The molecule has 2 rings (SSSR count). The Hall–Kier alpha value is -5.18. The molecule has 0 bridgehead atoms. The second-order valence-electron chi connectivity index (χ2n) is 12.7. The van der Waals surface area contributed by atoms with Crippen LogP contribution in [-0.4, -0.2) is 87.1 Å². The maximum absolute atomic E-state index is 13.5. The summed E-state index contributed by atoms with van der Waals surface area (Å²) < 4.78 is 0. The SMILES string of the molecule is CC(C)[C@H](N)C(=O)N[C@@H](Cc1ccc(O)cc1)C(=O)N[C@@H](C)C(=O)N[C@H](C(=O)N[C@@H](Cc1ccc(O)cc1)C(=O)N[C@H](C)C(=O)O)C(C)C. The average Bonchev–Trinajstić information content (AvgIpc) is 3.03. The normalized spacial score (nSPS) is 14.8. The Morgan fingerprint density at radius 1 is 0.551 bits per heavy atom. The summed E-state index contributed by atoms with van der Waals surface area (Å²) in [6.07, 6.45) is -0.0248. The molecule has 0 aliphatic heterocycles. The van der Waals surface area contributed by atoms with Crippen molar-refractivity contribution in [1.29, 1.82) is 0 Å². The number of nitrogens with one attached hydrogen (secondary N) is 5. The largest absolute Gasteiger partial charge is 0.508 e. The fourth-order valence-corrected chi connectivity index (χ4v) is 4.55. The lowest BCUT2D eigenvalue weighted by Crippen LogP contribution is -2.60. The first kappa shape index (κ1) is 40.0. The Balaban J connectivity index is 2.20. The molecule has 0 saturated carbocycles. The van der Waals surface area contributed by atoms with Crippen molar-refractivity contribution in [2.75, 3.05) is 0 Å². The Labute approximate surface area is 285 Å². The number of phenolic OH excluding ortho intramolecular Hbond substituents is 2. The molecule has 0 aliphatic carbocycles. The van der Waals surface area contributed by atoms with E-state index >= 15 is 0 Å². The lowest BCUT2D eigenvalue weighted by Gasteiger charge is -2.27. The van der Waals surface area contributed by atoms with Crippen LogP contribution in [0.15, 0.2) is 48.5 Å². The van der Waals surface area contributed by atoms with E-state index in [9.17, 15) is 44.1 Å². The van der Waals surface area contributed by atoms with Crippen molar-refractivity contribution in [2.24, 2.45) is 17.6 Å². The number of benzene rings is 2. The third-order valence-corrected chi connectivity index (χ3v) is 7.77. The van der Waals surface area contributed by atoms with Gasteiger partial charge in [0, 0.05) is 12.8 Å². The number of rotatable bonds is 17. The number of phenols is 2. The van der Waals surface area contributed by atoms with Gasteiger partial charge in [-0.3, -0.25) is 28.8 Å². The molecule has 2 aromatic carbocycles. The number of carboxylic acid groups (broad SMARTS) is 1. The quantitative estimate of drug-likeness (QED) is 0.108. The predicted molar refractivity (Wildman–Crippen MR) is 180 cm³/mol. The van der Waals surface area contributed by atoms with Crippen LogP contribution >= 0.6 is 0 Å². The molecule has 6 atom stereocenters. The molecule has 15 nitrogen and oxygen atoms in total. The van der Waals surface area contributed by atoms with Gasteiger partial charge in [0.1, 0.15) is 41.7 Å². The third kappa shape index (κ3) is 12.7. The van der Waals surface area contributed by atoms with Crippen molar-refractivity contribution in [2.45, 2.75) is 90.6 Å². The Morgan fingerprint density at radius 3 is 1.35 bits per heavy atom. The van der Waals surface area contributed by atoms with Gasteiger partial charge in [0.05, 0.1) is 6.04 Å². The maximum atomic E-state index is 13.5. The summed E-state index contributed by atoms with van der Waals surface area (Å²) in [4.78, 5) is 77.3. The summed E-state index contributed by atoms with van der Waals surface area (Å²) in [6, 6.07) is 5.07. The van der Waals surface area contributed by atoms with Crippen LogP contribution < -0.4 is 32.3 Å². The first-order valence-electron chi connectivity index (χ1n) is 16.0. The van der Waals surface area contributed by atoms with Crippen molar-refractivity contribution < 1.29 is 44.1 Å². The van der Waals surface area contributed by atoms with Gasteiger partial charge in [0.25, 0.3) is 0 Å². The lowest BCUT2D eigenvalue weighted by atomic mass is 10.00. The predicted octanol–water partition coefficient (Wildman–Crippen LogP) is 0.0707. The van der Waals surface area contributed by atoms with Gasteiger partial charge in [-0.1, -0.05) is 52.0 Å². The van der Waals surface area contributed by atoms with E-state index in [1.807, 2.05) is 0 Å². The molecule has 0 aliphatic rings. The van der Waals surface area contributed by atoms with Crippen molar-refractivity contribution >= 4 is 35.5 Å². The number of hydrogen-bond donors (Lipinski definition) is 9. The molecule has 10 N–H and O–H groups in total. The van der Waals surface area contributed by atoms with Gasteiger partial charge < -0.3 is 47.6 Å². The number of aromatic hydroxyl groups is 2. The summed E-state index contributed by atoms with van der Waals surface area (Å²) in [5.41, 5.74) is 7.16. The highest BCUT2D eigenvalue weighted by molar-refractivity contribution is 5.96. The van der Waals surface area contributed by atoms with Crippen LogP contribution in [0.3, 0.4) is 0 Å². The second-order valence-corrected chi connectivity index (χ2v) is 12.7. The summed E-state index contributed by atoms with van der Waals surface area (Å²) in [7, 11) is 0. The highest BCUT2D eigenvalue weighted by Gasteiger charge is 2.33. The van der Waals surface area contributed by atoms with E-state index in [4.69, 9.17) is 5.73 Å². The van der Waals surface area contributed by atoms with E-state index in [1.165, 1.54) is 38.1 Å². The number of aliphatic carboxylic acids is 1. The monoisotopic (exact) mass is 684 g/mol. The zero-order valence-electron chi connectivity index (χ0n) is 28.5. The standard InChI is InChI=1S/C34H48N6O9/c1-17(2)27(35)32(46)38-25(15-21-7-11-23(41)12-8-21)30(44)36-19(5)29(43)40-28(18(3)4)33(47)39-26(31(45)37-20(6)34(48)49)16-22-9-13-24(42)14-10-22/h7-14,17-20,25-28,41-42H,15-16,35H2,1-6H3,(H,36,44)(H,37,45)(H,38,46)(H,39,47)(H,40,43)(H,48,49)/t19-,20+,25-,26-,27-,28-/m0/s1. The van der Waals surface area contributed by atoms with Crippen molar-refractivity contribution in [1.82, 2.24) is 26.6 Å². The minimum Gasteiger partial charge on any atom is -0.508 e. The first-order valence-corrected chi connectivity index (χ1v) is 16.0. The molecule has 5 amide bonds. The second kappa shape index (κ2) is 18.4. The average molecular weight is 685 g/mol. The number of amides is 5. The number of nitrogens with two attached hydrogens (primary N) is 1. The van der Waals surface area contributed by atoms with E-state index in [-0.39, 0.29) is 30.3 Å². The molecule has 0 fully saturated rings. The highest BCUT2D eigenvalue weighted by atomic mass is 16.4. The Bertz CT molecular complexity index is 1460. The number of carbonyl (C=O) groups excluding carboxylic acids is 5. The van der Waals surface area contributed by atoms with Crippen molar-refractivity contribution in [3.63, 3.8) is 0 Å². The topological polar surface area (TPSA) is 249 Å². The number of carbonyl (C=O) groups is 6. The van der Waals surface area contributed by atoms with Gasteiger partial charge >= 0.3 is 5.97 Å². The molecule has 0 aromatic heterocycles. The molecule has 15 heteroatoms. The molecule has 268 valence electrons. The molecule has 0 unspecified atom stereocenters. The summed E-state index contributed by atoms with van der Waals surface area (Å²) in [6.45, 7) is 9.51. The van der Waals surface area contributed by atoms with Crippen LogP contribution in [0.25, 0.3) is 0 Å². The first-order chi connectivity index (χ1) is 22.9. The highest BCUT2D eigenvalue weighted by Crippen LogP contribution is 2.14. The fourth-order valence-electron chi connectivity index (χ4n) is 4.55. The van der Waals surface area contributed by atoms with Gasteiger partial charge in [-0.05, 0) is 61.1 Å². The van der Waals surface area contributed by atoms with Crippen molar-refractivity contribution in [3.8, 4) is 11.5 Å². The fraction of sp³-hybridized carbons (Fsp3) is 0.471. The summed E-state index contributed by atoms with van der Waals surface area (Å²) in [5, 5.41) is 41.2. The summed E-state index contributed by atoms with van der Waals surface area (Å²) >= 11 is 0. The molecule has 0 heterocycles. The van der Waals surface area contributed by atoms with Crippen LogP contribution in [0.2, 0.25) is 0 Å². The number of carboxylic acids is 1. The van der Waals surface area contributed by atoms with Crippen LogP contribution in [0.1, 0.15) is 52.7 Å². The molecular formula is C34H48N6O9. The van der Waals surface area contributed by atoms with E-state index in [0.29, 0.717) is 11.1 Å². The van der Waals surface area contributed by atoms with E-state index in [2.05, 4.69) is 26.6 Å². The zero-order valence-corrected chi connectivity index (χ0v) is 28.5. The van der Waals surface area contributed by atoms with Crippen molar-refractivity contribution in [3.05, 3.63) is 59.7 Å².